The van der Waals surface area contributed by atoms with Gasteiger partial charge >= 0.3 is 6.03 Å². The highest BCUT2D eigenvalue weighted by Crippen LogP contribution is 2.23. The average molecular weight is 449 g/mol. The molecule has 1 saturated carbocycles. The largest absolute Gasteiger partial charge is 0.335 e. The second-order valence-electron chi connectivity index (χ2n) is 8.98. The number of rotatable bonds is 7. The van der Waals surface area contributed by atoms with Crippen LogP contribution in [-0.2, 0) is 6.54 Å². The van der Waals surface area contributed by atoms with Crippen LogP contribution in [0.15, 0.2) is 36.8 Å². The lowest BCUT2D eigenvalue weighted by atomic mass is 10.1. The lowest BCUT2D eigenvalue weighted by molar-refractivity contribution is 0.233. The Labute approximate surface area is 194 Å². The fraction of sp³-hybridized carbons (Fsp3) is 0.500. The first-order chi connectivity index (χ1) is 16.2. The third-order valence-electron chi connectivity index (χ3n) is 6.51. The van der Waals surface area contributed by atoms with Gasteiger partial charge in [-0.15, -0.1) is 0 Å². The van der Waals surface area contributed by atoms with E-state index >= 15 is 0 Å². The number of hydrogen-bond acceptors (Lipinski definition) is 6. The van der Waals surface area contributed by atoms with Crippen molar-refractivity contribution in [3.63, 3.8) is 0 Å². The number of carbonyl (C=O) groups excluding carboxylic acids is 1. The lowest BCUT2D eigenvalue weighted by Crippen LogP contribution is -2.43. The number of amides is 2. The average Bonchev–Trinajstić information content (AvgIpc) is 3.52. The van der Waals surface area contributed by atoms with E-state index < -0.39 is 0 Å². The van der Waals surface area contributed by atoms with Crippen molar-refractivity contribution in [3.05, 3.63) is 36.8 Å². The molecule has 3 aromatic heterocycles. The molecular formula is C24H32N8O. The van der Waals surface area contributed by atoms with Crippen LogP contribution in [0.25, 0.3) is 22.2 Å². The van der Waals surface area contributed by atoms with Gasteiger partial charge in [0, 0.05) is 62.3 Å². The maximum absolute atomic E-state index is 12.3. The number of nitrogens with zero attached hydrogens (tertiary/aromatic N) is 5. The Morgan fingerprint density at radius 1 is 1.06 bits per heavy atom. The van der Waals surface area contributed by atoms with E-state index in [-0.39, 0.29) is 12.1 Å². The molecule has 2 amide bonds. The predicted molar refractivity (Wildman–Crippen MR) is 129 cm³/mol. The van der Waals surface area contributed by atoms with E-state index in [9.17, 15) is 4.79 Å². The van der Waals surface area contributed by atoms with Gasteiger partial charge < -0.3 is 15.5 Å². The normalized spacial score (nSPS) is 17.5. The van der Waals surface area contributed by atoms with Gasteiger partial charge in [-0.1, -0.05) is 12.8 Å². The summed E-state index contributed by atoms with van der Waals surface area (Å²) in [4.78, 5) is 24.0. The smallest absolute Gasteiger partial charge is 0.320 e. The summed E-state index contributed by atoms with van der Waals surface area (Å²) in [5.74, 6) is 0.528. The first kappa shape index (κ1) is 21.8. The van der Waals surface area contributed by atoms with Gasteiger partial charge in [-0.25, -0.2) is 9.78 Å². The molecule has 2 fully saturated rings. The summed E-state index contributed by atoms with van der Waals surface area (Å²) in [7, 11) is 0. The number of fused-ring (bicyclic) bond motifs is 1. The number of hydrogen-bond donors (Lipinski definition) is 3. The van der Waals surface area contributed by atoms with Crippen LogP contribution in [0, 0.1) is 0 Å². The summed E-state index contributed by atoms with van der Waals surface area (Å²) in [6, 6.07) is 5.76. The quantitative estimate of drug-likeness (QED) is 0.514. The first-order valence-electron chi connectivity index (χ1n) is 12.0. The Morgan fingerprint density at radius 2 is 1.91 bits per heavy atom. The molecule has 5 rings (SSSR count). The van der Waals surface area contributed by atoms with Crippen LogP contribution in [0.3, 0.4) is 0 Å². The zero-order chi connectivity index (χ0) is 22.5. The number of piperazine rings is 1. The topological polar surface area (TPSA) is 100 Å². The van der Waals surface area contributed by atoms with E-state index in [1.54, 1.807) is 6.07 Å². The molecule has 4 heterocycles. The Kier molecular flexibility index (Phi) is 6.78. The number of anilines is 1. The lowest BCUT2D eigenvalue weighted by Gasteiger charge is -2.26. The number of aryl methyl sites for hydroxylation is 1. The van der Waals surface area contributed by atoms with Crippen molar-refractivity contribution < 1.29 is 4.79 Å². The van der Waals surface area contributed by atoms with E-state index in [1.165, 1.54) is 12.8 Å². The number of carbonyl (C=O) groups is 1. The van der Waals surface area contributed by atoms with Gasteiger partial charge in [0.05, 0.1) is 17.2 Å². The van der Waals surface area contributed by atoms with Crippen LogP contribution in [0.1, 0.15) is 32.1 Å². The van der Waals surface area contributed by atoms with Crippen molar-refractivity contribution in [1.29, 1.82) is 0 Å². The molecule has 3 N–H and O–H groups in total. The molecule has 0 aromatic carbocycles. The standard InChI is InChI=1S/C24H32N8O/c33-24(28-20-4-1-2-5-20)30-23-7-6-21-22(29-23)14-18(15-26-21)19-16-27-32(17-19)11-3-10-31-12-8-25-9-13-31/h6-7,14-17,20,25H,1-5,8-13H2,(H2,28,29,30,33). The Morgan fingerprint density at radius 3 is 2.76 bits per heavy atom. The minimum absolute atomic E-state index is 0.194. The summed E-state index contributed by atoms with van der Waals surface area (Å²) in [6.07, 6.45) is 11.3. The van der Waals surface area contributed by atoms with Crippen LogP contribution in [0.4, 0.5) is 10.6 Å². The molecule has 0 bridgehead atoms. The van der Waals surface area contributed by atoms with E-state index in [4.69, 9.17) is 0 Å². The zero-order valence-corrected chi connectivity index (χ0v) is 19.0. The van der Waals surface area contributed by atoms with Gasteiger partial charge in [0.15, 0.2) is 0 Å². The van der Waals surface area contributed by atoms with Crippen LogP contribution in [0.2, 0.25) is 0 Å². The molecule has 33 heavy (non-hydrogen) atoms. The fourth-order valence-electron chi connectivity index (χ4n) is 4.67. The van der Waals surface area contributed by atoms with E-state index in [0.717, 1.165) is 80.7 Å². The molecule has 174 valence electrons. The third kappa shape index (κ3) is 5.66. The number of nitrogens with one attached hydrogen (secondary N) is 3. The molecule has 0 unspecified atom stereocenters. The van der Waals surface area contributed by atoms with E-state index in [0.29, 0.717) is 5.82 Å². The predicted octanol–water partition coefficient (Wildman–Crippen LogP) is 2.85. The fourth-order valence-corrected chi connectivity index (χ4v) is 4.67. The molecule has 1 saturated heterocycles. The molecule has 9 nitrogen and oxygen atoms in total. The van der Waals surface area contributed by atoms with Gasteiger partial charge in [0.2, 0.25) is 0 Å². The number of urea groups is 1. The third-order valence-corrected chi connectivity index (χ3v) is 6.51. The monoisotopic (exact) mass is 448 g/mol. The van der Waals surface area contributed by atoms with Crippen LogP contribution in [-0.4, -0.2) is 69.4 Å². The van der Waals surface area contributed by atoms with Crippen molar-refractivity contribution in [2.45, 2.75) is 44.7 Å². The SMILES string of the molecule is O=C(Nc1ccc2ncc(-c3cnn(CCCN4CCNCC4)c3)cc2n1)NC1CCCC1. The molecule has 0 spiro atoms. The highest BCUT2D eigenvalue weighted by molar-refractivity contribution is 5.90. The number of aromatic nitrogens is 4. The van der Waals surface area contributed by atoms with Crippen LogP contribution in [0.5, 0.6) is 0 Å². The van der Waals surface area contributed by atoms with E-state index in [2.05, 4.69) is 42.1 Å². The van der Waals surface area contributed by atoms with Crippen molar-refractivity contribution in [2.24, 2.45) is 0 Å². The van der Waals surface area contributed by atoms with Gasteiger partial charge in [0.1, 0.15) is 5.82 Å². The molecular weight excluding hydrogens is 416 g/mol. The van der Waals surface area contributed by atoms with Gasteiger partial charge in [-0.05, 0) is 44.0 Å². The molecule has 1 aliphatic heterocycles. The summed E-state index contributed by atoms with van der Waals surface area (Å²) in [5, 5.41) is 13.8. The van der Waals surface area contributed by atoms with Crippen LogP contribution >= 0.6 is 0 Å². The molecule has 1 aliphatic carbocycles. The highest BCUT2D eigenvalue weighted by Gasteiger charge is 2.17. The summed E-state index contributed by atoms with van der Waals surface area (Å²) >= 11 is 0. The second-order valence-corrected chi connectivity index (χ2v) is 8.98. The van der Waals surface area contributed by atoms with Gasteiger partial charge in [0.25, 0.3) is 0 Å². The minimum Gasteiger partial charge on any atom is -0.335 e. The second kappa shape index (κ2) is 10.3. The van der Waals surface area contributed by atoms with Gasteiger partial charge in [-0.3, -0.25) is 15.0 Å². The maximum atomic E-state index is 12.3. The summed E-state index contributed by atoms with van der Waals surface area (Å²) < 4.78 is 2.00. The van der Waals surface area contributed by atoms with Gasteiger partial charge in [-0.2, -0.15) is 5.10 Å². The van der Waals surface area contributed by atoms with Crippen LogP contribution < -0.4 is 16.0 Å². The maximum Gasteiger partial charge on any atom is 0.320 e. The summed E-state index contributed by atoms with van der Waals surface area (Å²) in [5.41, 5.74) is 3.53. The van der Waals surface area contributed by atoms with E-state index in [1.807, 2.05) is 29.2 Å². The van der Waals surface area contributed by atoms with Crippen molar-refractivity contribution in [2.75, 3.05) is 38.0 Å². The molecule has 9 heteroatoms. The Balaban J connectivity index is 1.21. The molecule has 3 aromatic rings. The summed E-state index contributed by atoms with van der Waals surface area (Å²) in [6.45, 7) is 6.41. The molecule has 0 radical (unpaired) electrons. The van der Waals surface area contributed by atoms with Crippen molar-refractivity contribution in [1.82, 2.24) is 35.3 Å². The van der Waals surface area contributed by atoms with Crippen molar-refractivity contribution >= 4 is 22.9 Å². The molecule has 2 aliphatic rings. The zero-order valence-electron chi connectivity index (χ0n) is 19.0. The van der Waals surface area contributed by atoms with Crippen molar-refractivity contribution in [3.8, 4) is 11.1 Å². The highest BCUT2D eigenvalue weighted by atomic mass is 16.2. The Bertz CT molecular complexity index is 1090. The molecule has 0 atom stereocenters. The Hall–Kier alpha value is -3.04. The number of pyridine rings is 2. The minimum atomic E-state index is -0.194. The first-order valence-corrected chi connectivity index (χ1v) is 12.0.